The van der Waals surface area contributed by atoms with Crippen molar-refractivity contribution in [3.63, 3.8) is 0 Å². The van der Waals surface area contributed by atoms with Crippen LogP contribution in [0.1, 0.15) is 36.0 Å². The molecule has 0 aliphatic carbocycles. The largest absolute Gasteiger partial charge is 0.370 e. The number of nitrogens with zero attached hydrogens (tertiary/aromatic N) is 4. The zero-order chi connectivity index (χ0) is 24.9. The summed E-state index contributed by atoms with van der Waals surface area (Å²) in [7, 11) is 0.562. The van der Waals surface area contributed by atoms with E-state index in [2.05, 4.69) is 23.9 Å². The second-order valence-corrected chi connectivity index (χ2v) is 11.9. The van der Waals surface area contributed by atoms with Crippen LogP contribution in [0.25, 0.3) is 0 Å². The molecule has 1 atom stereocenters. The van der Waals surface area contributed by atoms with Crippen molar-refractivity contribution in [1.29, 1.82) is 0 Å². The molecule has 192 valence electrons. The van der Waals surface area contributed by atoms with E-state index in [1.165, 1.54) is 0 Å². The van der Waals surface area contributed by atoms with Gasteiger partial charge in [-0.25, -0.2) is 8.42 Å². The molecule has 0 radical (unpaired) electrons. The summed E-state index contributed by atoms with van der Waals surface area (Å²) in [5.41, 5.74) is 2.61. The van der Waals surface area contributed by atoms with E-state index < -0.39 is 10.0 Å². The van der Waals surface area contributed by atoms with Crippen molar-refractivity contribution in [3.05, 3.63) is 28.8 Å². The third-order valence-corrected chi connectivity index (χ3v) is 9.09. The zero-order valence-electron chi connectivity index (χ0n) is 21.5. The van der Waals surface area contributed by atoms with Crippen LogP contribution >= 0.6 is 0 Å². The van der Waals surface area contributed by atoms with Crippen molar-refractivity contribution in [1.82, 2.24) is 19.0 Å². The fourth-order valence-electron chi connectivity index (χ4n) is 5.19. The number of sulfonamides is 1. The van der Waals surface area contributed by atoms with Crippen LogP contribution in [0.4, 0.5) is 0 Å². The lowest BCUT2D eigenvalue weighted by atomic mass is 10.1. The number of amides is 1. The highest BCUT2D eigenvalue weighted by Crippen LogP contribution is 2.30. The van der Waals surface area contributed by atoms with Crippen molar-refractivity contribution in [2.45, 2.75) is 51.0 Å². The second-order valence-electron chi connectivity index (χ2n) is 10.0. The molecular formula is C25H42N4O4S. The maximum atomic E-state index is 13.5. The lowest BCUT2D eigenvalue weighted by molar-refractivity contribution is -0.138. The Bertz CT molecular complexity index is 919. The molecular weight excluding hydrogens is 452 g/mol. The van der Waals surface area contributed by atoms with Crippen LogP contribution in [0.15, 0.2) is 17.0 Å². The molecule has 2 aliphatic heterocycles. The highest BCUT2D eigenvalue weighted by Gasteiger charge is 2.37. The molecule has 0 bridgehead atoms. The average Bonchev–Trinajstić information content (AvgIpc) is 3.22. The molecule has 1 aromatic rings. The Labute approximate surface area is 205 Å². The molecule has 9 heteroatoms. The Balaban J connectivity index is 1.48. The van der Waals surface area contributed by atoms with Crippen molar-refractivity contribution < 1.29 is 17.9 Å². The third kappa shape index (κ3) is 6.79. The van der Waals surface area contributed by atoms with Gasteiger partial charge in [-0.3, -0.25) is 9.69 Å². The standard InChI is InChI=1S/C25H42N4O4S/c1-20-16-21(2)25(22(3)17-20)34(31,32)29-11-6-8-23(29)18-33-19-24(30)28-14-12-27(13-15-28)10-7-9-26(4)5/h16-17,23H,6-15,18-19H2,1-5H3/t23-/m0/s1. The Morgan fingerprint density at radius 1 is 1.06 bits per heavy atom. The second kappa shape index (κ2) is 11.9. The van der Waals surface area contributed by atoms with E-state index in [4.69, 9.17) is 4.74 Å². The molecule has 2 heterocycles. The van der Waals surface area contributed by atoms with Gasteiger partial charge in [-0.2, -0.15) is 4.31 Å². The predicted molar refractivity (Wildman–Crippen MR) is 135 cm³/mol. The molecule has 2 aliphatic rings. The van der Waals surface area contributed by atoms with Crippen LogP contribution in [0.3, 0.4) is 0 Å². The lowest BCUT2D eigenvalue weighted by Crippen LogP contribution is -2.50. The topological polar surface area (TPSA) is 73.4 Å². The van der Waals surface area contributed by atoms with Crippen LogP contribution < -0.4 is 0 Å². The first-order chi connectivity index (χ1) is 16.1. The maximum absolute atomic E-state index is 13.5. The zero-order valence-corrected chi connectivity index (χ0v) is 22.4. The number of aryl methyl sites for hydroxylation is 3. The predicted octanol–water partition coefficient (Wildman–Crippen LogP) is 1.88. The van der Waals surface area contributed by atoms with Gasteiger partial charge in [-0.05, 0) is 78.3 Å². The Kier molecular flexibility index (Phi) is 9.51. The lowest BCUT2D eigenvalue weighted by Gasteiger charge is -2.35. The van der Waals surface area contributed by atoms with Gasteiger partial charge in [-0.1, -0.05) is 17.7 Å². The number of rotatable bonds is 10. The normalized spacial score (nSPS) is 20.4. The molecule has 0 spiro atoms. The minimum Gasteiger partial charge on any atom is -0.370 e. The molecule has 0 saturated carbocycles. The number of piperazine rings is 1. The summed E-state index contributed by atoms with van der Waals surface area (Å²) in [5.74, 6) is -0.00873. The van der Waals surface area contributed by atoms with E-state index in [9.17, 15) is 13.2 Å². The number of carbonyl (C=O) groups excluding carboxylic acids is 1. The fraction of sp³-hybridized carbons (Fsp3) is 0.720. The van der Waals surface area contributed by atoms with Gasteiger partial charge in [-0.15, -0.1) is 0 Å². The van der Waals surface area contributed by atoms with Crippen molar-refractivity contribution in [2.75, 3.05) is 73.1 Å². The Morgan fingerprint density at radius 2 is 1.71 bits per heavy atom. The number of benzene rings is 1. The Hall–Kier alpha value is -1.52. The number of ether oxygens (including phenoxy) is 1. The molecule has 0 aromatic heterocycles. The molecule has 0 unspecified atom stereocenters. The van der Waals surface area contributed by atoms with Gasteiger partial charge in [0.05, 0.1) is 11.5 Å². The highest BCUT2D eigenvalue weighted by atomic mass is 32.2. The van der Waals surface area contributed by atoms with Gasteiger partial charge in [0.25, 0.3) is 0 Å². The van der Waals surface area contributed by atoms with Gasteiger partial charge in [0.2, 0.25) is 15.9 Å². The SMILES string of the molecule is Cc1cc(C)c(S(=O)(=O)N2CCC[C@H]2COCC(=O)N2CCN(CCCN(C)C)CC2)c(C)c1. The van der Waals surface area contributed by atoms with E-state index in [1.807, 2.05) is 37.8 Å². The van der Waals surface area contributed by atoms with Crippen LogP contribution in [0.2, 0.25) is 0 Å². The summed E-state index contributed by atoms with van der Waals surface area (Å²) >= 11 is 0. The Morgan fingerprint density at radius 3 is 2.32 bits per heavy atom. The first kappa shape index (κ1) is 27.1. The third-order valence-electron chi connectivity index (χ3n) is 6.83. The van der Waals surface area contributed by atoms with Gasteiger partial charge < -0.3 is 14.5 Å². The van der Waals surface area contributed by atoms with Crippen LogP contribution in [-0.4, -0.2) is 112 Å². The summed E-state index contributed by atoms with van der Waals surface area (Å²) in [5, 5.41) is 0. The van der Waals surface area contributed by atoms with Crippen LogP contribution in [0, 0.1) is 20.8 Å². The monoisotopic (exact) mass is 494 g/mol. The molecule has 0 N–H and O–H groups in total. The minimum absolute atomic E-state index is 0.00754. The summed E-state index contributed by atoms with van der Waals surface area (Å²) < 4.78 is 34.3. The fourth-order valence-corrected chi connectivity index (χ4v) is 7.28. The van der Waals surface area contributed by atoms with Crippen LogP contribution in [-0.2, 0) is 19.6 Å². The van der Waals surface area contributed by atoms with E-state index in [0.717, 1.165) is 75.2 Å². The van der Waals surface area contributed by atoms with Gasteiger partial charge in [0, 0.05) is 38.8 Å². The summed E-state index contributed by atoms with van der Waals surface area (Å²) in [6.07, 6.45) is 2.69. The summed E-state index contributed by atoms with van der Waals surface area (Å²) in [4.78, 5) is 19.5. The molecule has 8 nitrogen and oxygen atoms in total. The molecule has 1 aromatic carbocycles. The quantitative estimate of drug-likeness (QED) is 0.495. The van der Waals surface area contributed by atoms with E-state index in [1.54, 1.807) is 4.31 Å². The maximum Gasteiger partial charge on any atom is 0.248 e. The summed E-state index contributed by atoms with van der Waals surface area (Å²) in [6.45, 7) is 11.8. The number of carbonyl (C=O) groups is 1. The molecule has 1 amide bonds. The van der Waals surface area contributed by atoms with E-state index in [0.29, 0.717) is 11.4 Å². The molecule has 34 heavy (non-hydrogen) atoms. The summed E-state index contributed by atoms with van der Waals surface area (Å²) in [6, 6.07) is 3.61. The van der Waals surface area contributed by atoms with Crippen molar-refractivity contribution in [2.24, 2.45) is 0 Å². The van der Waals surface area contributed by atoms with Crippen molar-refractivity contribution in [3.8, 4) is 0 Å². The van der Waals surface area contributed by atoms with Gasteiger partial charge >= 0.3 is 0 Å². The van der Waals surface area contributed by atoms with Gasteiger partial charge in [0.15, 0.2) is 0 Å². The minimum atomic E-state index is -3.61. The molecule has 2 saturated heterocycles. The first-order valence-corrected chi connectivity index (χ1v) is 13.9. The first-order valence-electron chi connectivity index (χ1n) is 12.4. The number of hydrogen-bond acceptors (Lipinski definition) is 6. The van der Waals surface area contributed by atoms with E-state index in [-0.39, 0.29) is 25.2 Å². The smallest absolute Gasteiger partial charge is 0.248 e. The molecule has 2 fully saturated rings. The highest BCUT2D eigenvalue weighted by molar-refractivity contribution is 7.89. The number of hydrogen-bond donors (Lipinski definition) is 0. The average molecular weight is 495 g/mol. The van der Waals surface area contributed by atoms with Crippen LogP contribution in [0.5, 0.6) is 0 Å². The molecule has 3 rings (SSSR count). The van der Waals surface area contributed by atoms with E-state index >= 15 is 0 Å². The van der Waals surface area contributed by atoms with Crippen molar-refractivity contribution >= 4 is 15.9 Å². The van der Waals surface area contributed by atoms with Gasteiger partial charge in [0.1, 0.15) is 6.61 Å².